The van der Waals surface area contributed by atoms with E-state index in [0.29, 0.717) is 49.3 Å². The van der Waals surface area contributed by atoms with Gasteiger partial charge in [-0.15, -0.1) is 0 Å². The molecule has 6 heteroatoms. The Bertz CT molecular complexity index is 898. The summed E-state index contributed by atoms with van der Waals surface area (Å²) in [5.74, 6) is 4.86. The highest BCUT2D eigenvalue weighted by molar-refractivity contribution is 5.76. The predicted molar refractivity (Wildman–Crippen MR) is 147 cm³/mol. The summed E-state index contributed by atoms with van der Waals surface area (Å²) < 4.78 is 5.43. The number of hydrogen-bond acceptors (Lipinski definition) is 4. The Hall–Kier alpha value is -1.30. The first-order chi connectivity index (χ1) is 18.2. The van der Waals surface area contributed by atoms with Crippen molar-refractivity contribution in [3.05, 3.63) is 0 Å². The number of amides is 2. The molecule has 6 aliphatic rings. The molecule has 6 fully saturated rings. The Labute approximate surface area is 230 Å². The number of rotatable bonds is 5. The van der Waals surface area contributed by atoms with E-state index in [2.05, 4.69) is 20.8 Å². The summed E-state index contributed by atoms with van der Waals surface area (Å²) in [4.78, 5) is 29.0. The van der Waals surface area contributed by atoms with Crippen LogP contribution in [0, 0.1) is 46.3 Å². The fourth-order valence-corrected chi connectivity index (χ4v) is 10.5. The van der Waals surface area contributed by atoms with E-state index in [1.165, 1.54) is 44.9 Å². The smallest absolute Gasteiger partial charge is 0.410 e. The summed E-state index contributed by atoms with van der Waals surface area (Å²) in [6, 6.07) is 0. The van der Waals surface area contributed by atoms with Gasteiger partial charge in [0.2, 0.25) is 5.91 Å². The van der Waals surface area contributed by atoms with Gasteiger partial charge in [-0.3, -0.25) is 4.79 Å². The molecule has 6 nitrogen and oxygen atoms in total. The Morgan fingerprint density at radius 3 is 2.29 bits per heavy atom. The molecular formula is C32H52N2O4. The fourth-order valence-electron chi connectivity index (χ4n) is 10.5. The number of piperazine rings is 1. The van der Waals surface area contributed by atoms with Crippen molar-refractivity contribution < 1.29 is 19.4 Å². The lowest BCUT2D eigenvalue weighted by molar-refractivity contribution is -0.134. The highest BCUT2D eigenvalue weighted by atomic mass is 16.6. The number of carbonyl (C=O) groups is 2. The zero-order chi connectivity index (χ0) is 26.7. The van der Waals surface area contributed by atoms with Gasteiger partial charge < -0.3 is 19.6 Å². The summed E-state index contributed by atoms with van der Waals surface area (Å²) in [6.45, 7) is 10.1. The van der Waals surface area contributed by atoms with Crippen LogP contribution in [0.2, 0.25) is 0 Å². The molecule has 0 aromatic rings. The third-order valence-electron chi connectivity index (χ3n) is 12.9. The quantitative estimate of drug-likeness (QED) is 0.485. The Morgan fingerprint density at radius 1 is 0.868 bits per heavy atom. The molecule has 0 bridgehead atoms. The van der Waals surface area contributed by atoms with Gasteiger partial charge in [-0.2, -0.15) is 0 Å². The highest BCUT2D eigenvalue weighted by Crippen LogP contribution is 2.68. The zero-order valence-corrected chi connectivity index (χ0v) is 24.2. The Kier molecular flexibility index (Phi) is 7.27. The van der Waals surface area contributed by atoms with Gasteiger partial charge in [0, 0.05) is 32.6 Å². The zero-order valence-electron chi connectivity index (χ0n) is 24.2. The average molecular weight is 529 g/mol. The molecule has 9 atom stereocenters. The molecule has 6 rings (SSSR count). The minimum absolute atomic E-state index is 0.0643. The minimum Gasteiger partial charge on any atom is -0.446 e. The largest absolute Gasteiger partial charge is 0.446 e. The molecule has 1 saturated heterocycles. The molecule has 1 unspecified atom stereocenters. The van der Waals surface area contributed by atoms with Gasteiger partial charge in [0.1, 0.15) is 6.10 Å². The normalized spacial score (nSPS) is 43.6. The van der Waals surface area contributed by atoms with Crippen LogP contribution in [0.1, 0.15) is 104 Å². The van der Waals surface area contributed by atoms with Crippen LogP contribution in [-0.2, 0) is 9.53 Å². The maximum Gasteiger partial charge on any atom is 0.410 e. The van der Waals surface area contributed by atoms with Crippen molar-refractivity contribution in [1.29, 1.82) is 0 Å². The summed E-state index contributed by atoms with van der Waals surface area (Å²) in [6.07, 6.45) is 14.9. The van der Waals surface area contributed by atoms with E-state index in [4.69, 9.17) is 4.74 Å². The molecule has 1 heterocycles. The van der Waals surface area contributed by atoms with E-state index in [0.717, 1.165) is 61.7 Å². The second-order valence-electron chi connectivity index (χ2n) is 14.8. The van der Waals surface area contributed by atoms with Gasteiger partial charge in [-0.1, -0.05) is 20.8 Å². The second kappa shape index (κ2) is 10.3. The van der Waals surface area contributed by atoms with Crippen LogP contribution in [0.4, 0.5) is 4.79 Å². The van der Waals surface area contributed by atoms with E-state index in [9.17, 15) is 14.7 Å². The molecule has 5 saturated carbocycles. The first-order valence-corrected chi connectivity index (χ1v) is 16.1. The molecular weight excluding hydrogens is 476 g/mol. The predicted octanol–water partition coefficient (Wildman–Crippen LogP) is 5.87. The van der Waals surface area contributed by atoms with Gasteiger partial charge in [0.05, 0.1) is 6.10 Å². The van der Waals surface area contributed by atoms with Crippen molar-refractivity contribution in [3.8, 4) is 0 Å². The van der Waals surface area contributed by atoms with Crippen molar-refractivity contribution in [2.45, 2.75) is 116 Å². The van der Waals surface area contributed by atoms with Gasteiger partial charge in [-0.25, -0.2) is 4.79 Å². The van der Waals surface area contributed by atoms with Crippen molar-refractivity contribution in [1.82, 2.24) is 9.80 Å². The SMILES string of the molecule is CC(CCC(=O)N1CCN(C(=O)OC2CC2)CC1)[C@H]1CC[C@H]2[C@@H]3CC[C@H]4C[C@@H](O)CC[C@]4(C)[C@H]3CC[C@]12C. The molecule has 214 valence electrons. The van der Waals surface area contributed by atoms with E-state index in [1.54, 1.807) is 4.90 Å². The van der Waals surface area contributed by atoms with E-state index >= 15 is 0 Å². The second-order valence-corrected chi connectivity index (χ2v) is 14.8. The lowest BCUT2D eigenvalue weighted by Crippen LogP contribution is -2.54. The summed E-state index contributed by atoms with van der Waals surface area (Å²) >= 11 is 0. The minimum atomic E-state index is -0.199. The van der Waals surface area contributed by atoms with Crippen LogP contribution in [0.3, 0.4) is 0 Å². The number of ether oxygens (including phenoxy) is 1. The van der Waals surface area contributed by atoms with Gasteiger partial charge >= 0.3 is 6.09 Å². The molecule has 5 aliphatic carbocycles. The molecule has 1 aliphatic heterocycles. The number of nitrogens with zero attached hydrogens (tertiary/aromatic N) is 2. The highest BCUT2D eigenvalue weighted by Gasteiger charge is 2.60. The van der Waals surface area contributed by atoms with Crippen LogP contribution in [0.25, 0.3) is 0 Å². The number of fused-ring (bicyclic) bond motifs is 5. The summed E-state index contributed by atoms with van der Waals surface area (Å²) in [7, 11) is 0. The van der Waals surface area contributed by atoms with Crippen LogP contribution in [-0.4, -0.2) is 65.3 Å². The molecule has 0 aromatic carbocycles. The van der Waals surface area contributed by atoms with Crippen molar-refractivity contribution in [2.24, 2.45) is 46.3 Å². The van der Waals surface area contributed by atoms with E-state index < -0.39 is 0 Å². The Balaban J connectivity index is 1.01. The first-order valence-electron chi connectivity index (χ1n) is 16.1. The lowest BCUT2D eigenvalue weighted by atomic mass is 9.44. The topological polar surface area (TPSA) is 70.1 Å². The standard InChI is InChI=1S/C32H52N2O4/c1-21(4-11-29(36)33-16-18-34(19-17-33)30(37)38-24-6-7-24)26-9-10-27-25-8-5-22-20-23(35)12-14-31(22,2)28(25)13-15-32(26,27)3/h21-28,35H,4-20H2,1-3H3/t21?,22-,23-,25-,26+,27-,28-,31-,32+/m0/s1. The third kappa shape index (κ3) is 4.79. The fraction of sp³-hybridized carbons (Fsp3) is 0.938. The number of aliphatic hydroxyl groups excluding tert-OH is 1. The molecule has 38 heavy (non-hydrogen) atoms. The maximum atomic E-state index is 13.1. The summed E-state index contributed by atoms with van der Waals surface area (Å²) in [5, 5.41) is 10.3. The molecule has 2 amide bonds. The van der Waals surface area contributed by atoms with E-state index in [-0.39, 0.29) is 24.2 Å². The first kappa shape index (κ1) is 26.9. The number of hydrogen-bond donors (Lipinski definition) is 1. The van der Waals surface area contributed by atoms with Crippen LogP contribution in [0.15, 0.2) is 0 Å². The summed E-state index contributed by atoms with van der Waals surface area (Å²) in [5.41, 5.74) is 0.868. The van der Waals surface area contributed by atoms with Gasteiger partial charge in [0.15, 0.2) is 0 Å². The van der Waals surface area contributed by atoms with E-state index in [1.807, 2.05) is 4.90 Å². The number of carbonyl (C=O) groups excluding carboxylic acids is 2. The third-order valence-corrected chi connectivity index (χ3v) is 12.9. The molecule has 0 radical (unpaired) electrons. The van der Waals surface area contributed by atoms with Crippen molar-refractivity contribution >= 4 is 12.0 Å². The monoisotopic (exact) mass is 528 g/mol. The lowest BCUT2D eigenvalue weighted by Gasteiger charge is -2.61. The van der Waals surface area contributed by atoms with Crippen molar-refractivity contribution in [3.63, 3.8) is 0 Å². The van der Waals surface area contributed by atoms with Crippen LogP contribution < -0.4 is 0 Å². The van der Waals surface area contributed by atoms with Crippen LogP contribution >= 0.6 is 0 Å². The maximum absolute atomic E-state index is 13.1. The molecule has 1 N–H and O–H groups in total. The van der Waals surface area contributed by atoms with Crippen LogP contribution in [0.5, 0.6) is 0 Å². The molecule has 0 spiro atoms. The van der Waals surface area contributed by atoms with Gasteiger partial charge in [0.25, 0.3) is 0 Å². The average Bonchev–Trinajstić information content (AvgIpc) is 3.65. The number of aliphatic hydroxyl groups is 1. The Morgan fingerprint density at radius 2 is 1.55 bits per heavy atom. The molecule has 0 aromatic heterocycles. The van der Waals surface area contributed by atoms with Crippen molar-refractivity contribution in [2.75, 3.05) is 26.2 Å². The van der Waals surface area contributed by atoms with Gasteiger partial charge in [-0.05, 0) is 123 Å².